The van der Waals surface area contributed by atoms with Crippen LogP contribution in [0.25, 0.3) is 43.1 Å². The molecule has 6 rings (SSSR count). The van der Waals surface area contributed by atoms with Crippen molar-refractivity contribution in [1.29, 1.82) is 0 Å². The van der Waals surface area contributed by atoms with Crippen LogP contribution >= 0.6 is 0 Å². The highest BCUT2D eigenvalue weighted by Gasteiger charge is 2.11. The maximum absolute atomic E-state index is 2.25. The van der Waals surface area contributed by atoms with Crippen LogP contribution in [0.4, 0.5) is 0 Å². The van der Waals surface area contributed by atoms with E-state index in [1.165, 1.54) is 82.3 Å². The lowest BCUT2D eigenvalue weighted by molar-refractivity contribution is 0.734. The lowest BCUT2D eigenvalue weighted by atomic mass is 9.64. The van der Waals surface area contributed by atoms with Gasteiger partial charge in [0.15, 0.2) is 0 Å². The van der Waals surface area contributed by atoms with E-state index < -0.39 is 0 Å². The zero-order chi connectivity index (χ0) is 17.3. The Hall–Kier alpha value is -2.54. The molecule has 1 aliphatic rings. The van der Waals surface area contributed by atoms with Gasteiger partial charge in [-0.2, -0.15) is 0 Å². The van der Waals surface area contributed by atoms with Crippen LogP contribution in [0, 0.1) is 0 Å². The van der Waals surface area contributed by atoms with Crippen LogP contribution in [0.5, 0.6) is 0 Å². The molecule has 0 saturated carbocycles. The first-order chi connectivity index (χ1) is 12.9. The minimum atomic E-state index is 1.33. The van der Waals surface area contributed by atoms with Crippen molar-refractivity contribution in [3.05, 3.63) is 72.8 Å². The van der Waals surface area contributed by atoms with Gasteiger partial charge < -0.3 is 0 Å². The summed E-state index contributed by atoms with van der Waals surface area (Å²) in [6, 6.07) is 26.4. The molecule has 0 atom stereocenters. The largest absolute Gasteiger partial charge is 0.120 e. The molecular formula is C25H23B. The van der Waals surface area contributed by atoms with Crippen molar-refractivity contribution in [1.82, 2.24) is 0 Å². The van der Waals surface area contributed by atoms with Crippen molar-refractivity contribution < 1.29 is 0 Å². The minimum Gasteiger partial charge on any atom is -0.0774 e. The Kier molecular flexibility index (Phi) is 4.01. The zero-order valence-corrected chi connectivity index (χ0v) is 15.2. The summed E-state index contributed by atoms with van der Waals surface area (Å²) in [5, 5.41) is 10.9. The van der Waals surface area contributed by atoms with E-state index >= 15 is 0 Å². The van der Waals surface area contributed by atoms with E-state index in [4.69, 9.17) is 0 Å². The Labute approximate surface area is 155 Å². The van der Waals surface area contributed by atoms with Crippen LogP contribution in [0.1, 0.15) is 19.3 Å². The van der Waals surface area contributed by atoms with Gasteiger partial charge in [-0.25, -0.2) is 0 Å². The number of benzene rings is 5. The summed E-state index contributed by atoms with van der Waals surface area (Å²) in [4.78, 5) is 0. The van der Waals surface area contributed by atoms with Gasteiger partial charge >= 0.3 is 0 Å². The van der Waals surface area contributed by atoms with Crippen molar-refractivity contribution in [3.63, 3.8) is 0 Å². The third-order valence-electron chi connectivity index (χ3n) is 5.89. The predicted octanol–water partition coefficient (Wildman–Crippen LogP) is 7.18. The van der Waals surface area contributed by atoms with Crippen LogP contribution < -0.4 is 0 Å². The van der Waals surface area contributed by atoms with Crippen LogP contribution in [0.15, 0.2) is 72.8 Å². The molecule has 0 radical (unpaired) electrons. The first-order valence-corrected chi connectivity index (χ1v) is 9.98. The fourth-order valence-corrected chi connectivity index (χ4v) is 4.62. The average molecular weight is 334 g/mol. The molecule has 0 amide bonds. The molecule has 1 fully saturated rings. The molecule has 1 aliphatic heterocycles. The second-order valence-corrected chi connectivity index (χ2v) is 7.54. The Bertz CT molecular complexity index is 1080. The van der Waals surface area contributed by atoms with Gasteiger partial charge in [-0.1, -0.05) is 105 Å². The molecule has 1 heterocycles. The van der Waals surface area contributed by atoms with Gasteiger partial charge in [-0.05, 0) is 43.1 Å². The predicted molar refractivity (Wildman–Crippen MR) is 118 cm³/mol. The van der Waals surface area contributed by atoms with E-state index in [1.54, 1.807) is 0 Å². The van der Waals surface area contributed by atoms with Gasteiger partial charge in [-0.3, -0.25) is 0 Å². The van der Waals surface area contributed by atoms with Crippen LogP contribution in [0.2, 0.25) is 12.6 Å². The molecular weight excluding hydrogens is 311 g/mol. The lowest BCUT2D eigenvalue weighted by Gasteiger charge is -2.14. The number of hydrogen-bond donors (Lipinski definition) is 0. The second-order valence-electron chi connectivity index (χ2n) is 7.54. The van der Waals surface area contributed by atoms with E-state index in [9.17, 15) is 0 Å². The van der Waals surface area contributed by atoms with Gasteiger partial charge in [0.05, 0.1) is 0 Å². The van der Waals surface area contributed by atoms with Gasteiger partial charge in [0.2, 0.25) is 0 Å². The van der Waals surface area contributed by atoms with E-state index in [-0.39, 0.29) is 0 Å². The minimum absolute atomic E-state index is 1.33. The van der Waals surface area contributed by atoms with Gasteiger partial charge in [0.25, 0.3) is 0 Å². The standard InChI is InChI=1S/C20H12.C5H11B/c1-2-8-16-15(7-1)17-9-3-5-13-11-12-14-6-4-10-18(16)20(14)19(13)17;1-2-4-6-5-3-1/h1-12H;6H,1-5H2. The molecule has 5 aromatic carbocycles. The Morgan fingerprint density at radius 3 is 1.38 bits per heavy atom. The van der Waals surface area contributed by atoms with Crippen LogP contribution in [-0.2, 0) is 0 Å². The number of hydrogen-bond acceptors (Lipinski definition) is 0. The van der Waals surface area contributed by atoms with Crippen molar-refractivity contribution in [2.75, 3.05) is 0 Å². The molecule has 1 heteroatoms. The van der Waals surface area contributed by atoms with Gasteiger partial charge in [0.1, 0.15) is 7.28 Å². The molecule has 0 aromatic heterocycles. The molecule has 1 saturated heterocycles. The molecule has 0 N–H and O–H groups in total. The third kappa shape index (κ3) is 2.54. The summed E-state index contributed by atoms with van der Waals surface area (Å²) >= 11 is 0. The summed E-state index contributed by atoms with van der Waals surface area (Å²) in [5.74, 6) is 0. The normalized spacial score (nSPS) is 14.5. The van der Waals surface area contributed by atoms with Crippen molar-refractivity contribution in [2.24, 2.45) is 0 Å². The Morgan fingerprint density at radius 1 is 0.462 bits per heavy atom. The van der Waals surface area contributed by atoms with Crippen LogP contribution in [0.3, 0.4) is 0 Å². The molecule has 126 valence electrons. The highest BCUT2D eigenvalue weighted by molar-refractivity contribution is 6.35. The fourth-order valence-electron chi connectivity index (χ4n) is 4.62. The molecule has 0 aliphatic carbocycles. The second kappa shape index (κ2) is 6.65. The molecule has 5 aromatic rings. The topological polar surface area (TPSA) is 0 Å². The number of rotatable bonds is 0. The van der Waals surface area contributed by atoms with Crippen molar-refractivity contribution in [3.8, 4) is 0 Å². The molecule has 0 unspecified atom stereocenters. The molecule has 26 heavy (non-hydrogen) atoms. The monoisotopic (exact) mass is 334 g/mol. The fraction of sp³-hybridized carbons (Fsp3) is 0.200. The van der Waals surface area contributed by atoms with E-state index in [2.05, 4.69) is 72.8 Å². The highest BCUT2D eigenvalue weighted by atomic mass is 14.1. The highest BCUT2D eigenvalue weighted by Crippen LogP contribution is 2.40. The maximum Gasteiger partial charge on any atom is 0.120 e. The average Bonchev–Trinajstić information content (AvgIpc) is 2.74. The summed E-state index contributed by atoms with van der Waals surface area (Å²) in [7, 11) is 1.50. The van der Waals surface area contributed by atoms with E-state index in [1.807, 2.05) is 0 Å². The van der Waals surface area contributed by atoms with Crippen LogP contribution in [-0.4, -0.2) is 7.28 Å². The number of fused-ring (bicyclic) bond motifs is 3. The molecule has 0 spiro atoms. The lowest BCUT2D eigenvalue weighted by Crippen LogP contribution is -1.94. The smallest absolute Gasteiger partial charge is 0.0774 e. The maximum atomic E-state index is 2.25. The third-order valence-corrected chi connectivity index (χ3v) is 5.89. The SMILES string of the molecule is B1CCCCC1.c1ccc2c(c1)c1cccc3ccc4cccc2c4c31. The first-order valence-electron chi connectivity index (χ1n) is 9.98. The summed E-state index contributed by atoms with van der Waals surface area (Å²) < 4.78 is 0. The molecule has 0 nitrogen and oxygen atoms in total. The van der Waals surface area contributed by atoms with Gasteiger partial charge in [0, 0.05) is 0 Å². The Balaban J connectivity index is 0.000000215. The molecule has 0 bridgehead atoms. The first kappa shape index (κ1) is 15.7. The quantitative estimate of drug-likeness (QED) is 0.160. The summed E-state index contributed by atoms with van der Waals surface area (Å²) in [5.41, 5.74) is 0. The summed E-state index contributed by atoms with van der Waals surface area (Å²) in [6.07, 6.45) is 7.50. The van der Waals surface area contributed by atoms with Crippen molar-refractivity contribution >= 4 is 50.4 Å². The Morgan fingerprint density at radius 2 is 0.962 bits per heavy atom. The van der Waals surface area contributed by atoms with E-state index in [0.29, 0.717) is 0 Å². The van der Waals surface area contributed by atoms with Crippen molar-refractivity contribution in [2.45, 2.75) is 31.9 Å². The van der Waals surface area contributed by atoms with E-state index in [0.717, 1.165) is 0 Å². The van der Waals surface area contributed by atoms with Gasteiger partial charge in [-0.15, -0.1) is 0 Å². The zero-order valence-electron chi connectivity index (χ0n) is 15.2. The summed E-state index contributed by atoms with van der Waals surface area (Å²) in [6.45, 7) is 0.